The number of nitrogens with one attached hydrogen (secondary N) is 1. The van der Waals surface area contributed by atoms with Crippen LogP contribution < -0.4 is 5.32 Å². The fourth-order valence-electron chi connectivity index (χ4n) is 1.64. The van der Waals surface area contributed by atoms with Gasteiger partial charge in [0.05, 0.1) is 12.5 Å². The maximum atomic E-state index is 11.4. The van der Waals surface area contributed by atoms with E-state index in [-0.39, 0.29) is 17.5 Å². The van der Waals surface area contributed by atoms with Crippen LogP contribution in [0.25, 0.3) is 0 Å². The zero-order chi connectivity index (χ0) is 15.4. The van der Waals surface area contributed by atoms with Crippen molar-refractivity contribution in [1.82, 2.24) is 5.32 Å². The number of esters is 1. The quantitative estimate of drug-likeness (QED) is 0.477. The number of unbranched alkanes of at least 4 members (excludes halogenated alkanes) is 1. The van der Waals surface area contributed by atoms with Gasteiger partial charge in [-0.15, -0.1) is 0 Å². The van der Waals surface area contributed by atoms with Crippen molar-refractivity contribution in [3.05, 3.63) is 0 Å². The van der Waals surface area contributed by atoms with Crippen LogP contribution in [-0.2, 0) is 19.1 Å². The molecule has 0 atom stereocenters. The largest absolute Gasteiger partial charge is 0.465 e. The number of hydrogen-bond acceptors (Lipinski definition) is 5. The van der Waals surface area contributed by atoms with Crippen LogP contribution in [0.1, 0.15) is 53.4 Å². The molecule has 0 amide bonds. The molecule has 1 fully saturated rings. The lowest BCUT2D eigenvalue weighted by molar-refractivity contribution is -0.149. The Bertz CT molecular complexity index is 268. The summed E-state index contributed by atoms with van der Waals surface area (Å²) in [4.78, 5) is 21.0. The lowest BCUT2D eigenvalue weighted by atomic mass is 9.99. The van der Waals surface area contributed by atoms with Gasteiger partial charge in [0.1, 0.15) is 5.60 Å². The average Bonchev–Trinajstić information content (AvgIpc) is 2.39. The minimum Gasteiger partial charge on any atom is -0.465 e. The molecule has 1 rings (SSSR count). The molecule has 0 aromatic carbocycles. The summed E-state index contributed by atoms with van der Waals surface area (Å²) in [7, 11) is 0. The highest BCUT2D eigenvalue weighted by molar-refractivity contribution is 5.72. The van der Waals surface area contributed by atoms with Crippen LogP contribution in [0, 0.1) is 5.92 Å². The van der Waals surface area contributed by atoms with Gasteiger partial charge < -0.3 is 14.8 Å². The van der Waals surface area contributed by atoms with E-state index in [1.807, 2.05) is 20.8 Å². The maximum Gasteiger partial charge on any atom is 0.309 e. The van der Waals surface area contributed by atoms with Gasteiger partial charge in [0.25, 0.3) is 6.47 Å². The van der Waals surface area contributed by atoms with Crippen molar-refractivity contribution in [2.75, 3.05) is 19.7 Å². The molecule has 0 radical (unpaired) electrons. The lowest BCUT2D eigenvalue weighted by Gasteiger charge is -2.20. The van der Waals surface area contributed by atoms with Gasteiger partial charge in [-0.05, 0) is 53.1 Å². The Morgan fingerprint density at radius 2 is 1.90 bits per heavy atom. The Hall–Kier alpha value is -1.10. The molecule has 0 aliphatic carbocycles. The van der Waals surface area contributed by atoms with Crippen molar-refractivity contribution in [3.8, 4) is 0 Å². The van der Waals surface area contributed by atoms with Gasteiger partial charge in [-0.25, -0.2) is 0 Å². The molecule has 5 nitrogen and oxygen atoms in total. The SMILES string of the molecule is CC(C)(C)OC=O.CCCCOC(=O)C1CCNCC1. The molecule has 0 aromatic heterocycles. The molecule has 118 valence electrons. The molecule has 20 heavy (non-hydrogen) atoms. The van der Waals surface area contributed by atoms with Crippen molar-refractivity contribution in [2.24, 2.45) is 5.92 Å². The maximum absolute atomic E-state index is 11.4. The number of ether oxygens (including phenoxy) is 2. The highest BCUT2D eigenvalue weighted by Crippen LogP contribution is 2.13. The second-order valence-corrected chi connectivity index (χ2v) is 5.87. The highest BCUT2D eigenvalue weighted by atomic mass is 16.5. The zero-order valence-electron chi connectivity index (χ0n) is 13.2. The summed E-state index contributed by atoms with van der Waals surface area (Å²) in [6, 6.07) is 0. The van der Waals surface area contributed by atoms with Crippen LogP contribution in [0.4, 0.5) is 0 Å². The number of carbonyl (C=O) groups is 2. The number of piperidine rings is 1. The normalized spacial score (nSPS) is 15.8. The predicted molar refractivity (Wildman–Crippen MR) is 78.4 cm³/mol. The second-order valence-electron chi connectivity index (χ2n) is 5.87. The minimum absolute atomic E-state index is 0.00921. The second kappa shape index (κ2) is 10.7. The summed E-state index contributed by atoms with van der Waals surface area (Å²) in [5, 5.41) is 3.23. The molecular formula is C15H29NO4. The van der Waals surface area contributed by atoms with E-state index in [1.54, 1.807) is 0 Å². The molecule has 0 saturated carbocycles. The molecule has 0 bridgehead atoms. The van der Waals surface area contributed by atoms with E-state index >= 15 is 0 Å². The smallest absolute Gasteiger partial charge is 0.309 e. The van der Waals surface area contributed by atoms with E-state index in [0.717, 1.165) is 38.8 Å². The molecule has 5 heteroatoms. The molecule has 1 saturated heterocycles. The van der Waals surface area contributed by atoms with Crippen LogP contribution in [0.2, 0.25) is 0 Å². The summed E-state index contributed by atoms with van der Waals surface area (Å²) in [6.45, 7) is 10.5. The molecule has 1 aliphatic heterocycles. The third-order valence-electron chi connectivity index (χ3n) is 2.82. The molecule has 1 aliphatic rings. The Labute approximate surface area is 122 Å². The Morgan fingerprint density at radius 3 is 2.30 bits per heavy atom. The fourth-order valence-corrected chi connectivity index (χ4v) is 1.64. The first-order valence-corrected chi connectivity index (χ1v) is 7.39. The van der Waals surface area contributed by atoms with E-state index in [0.29, 0.717) is 13.1 Å². The molecule has 1 heterocycles. The molecule has 0 spiro atoms. The molecule has 0 unspecified atom stereocenters. The number of carbonyl (C=O) groups excluding carboxylic acids is 2. The Balaban J connectivity index is 0.000000441. The Morgan fingerprint density at radius 1 is 1.30 bits per heavy atom. The monoisotopic (exact) mass is 287 g/mol. The van der Waals surface area contributed by atoms with Gasteiger partial charge in [0.2, 0.25) is 0 Å². The lowest BCUT2D eigenvalue weighted by Crippen LogP contribution is -2.32. The summed E-state index contributed by atoms with van der Waals surface area (Å²) in [6.07, 6.45) is 3.94. The van der Waals surface area contributed by atoms with Crippen LogP contribution in [0.5, 0.6) is 0 Å². The third-order valence-corrected chi connectivity index (χ3v) is 2.82. The van der Waals surface area contributed by atoms with Crippen molar-refractivity contribution >= 4 is 12.4 Å². The minimum atomic E-state index is -0.318. The van der Waals surface area contributed by atoms with Gasteiger partial charge in [0.15, 0.2) is 0 Å². The van der Waals surface area contributed by atoms with Crippen LogP contribution in [0.3, 0.4) is 0 Å². The van der Waals surface area contributed by atoms with Gasteiger partial charge in [-0.1, -0.05) is 13.3 Å². The van der Waals surface area contributed by atoms with E-state index in [2.05, 4.69) is 17.0 Å². The first kappa shape index (κ1) is 18.9. The highest BCUT2D eigenvalue weighted by Gasteiger charge is 2.21. The number of rotatable bonds is 5. The van der Waals surface area contributed by atoms with Crippen molar-refractivity contribution in [1.29, 1.82) is 0 Å². The van der Waals surface area contributed by atoms with Gasteiger partial charge in [0, 0.05) is 0 Å². The van der Waals surface area contributed by atoms with Crippen molar-refractivity contribution < 1.29 is 19.1 Å². The summed E-state index contributed by atoms with van der Waals surface area (Å²) >= 11 is 0. The number of hydrogen-bond donors (Lipinski definition) is 1. The average molecular weight is 287 g/mol. The third kappa shape index (κ3) is 10.8. The first-order chi connectivity index (χ1) is 9.40. The first-order valence-electron chi connectivity index (χ1n) is 7.39. The topological polar surface area (TPSA) is 64.6 Å². The summed E-state index contributed by atoms with van der Waals surface area (Å²) < 4.78 is 9.70. The zero-order valence-corrected chi connectivity index (χ0v) is 13.2. The van der Waals surface area contributed by atoms with Crippen molar-refractivity contribution in [2.45, 2.75) is 59.0 Å². The van der Waals surface area contributed by atoms with Crippen LogP contribution in [0.15, 0.2) is 0 Å². The van der Waals surface area contributed by atoms with Gasteiger partial charge >= 0.3 is 5.97 Å². The Kier molecular flexibility index (Phi) is 10.1. The molecule has 1 N–H and O–H groups in total. The summed E-state index contributed by atoms with van der Waals surface area (Å²) in [5.41, 5.74) is -0.318. The van der Waals surface area contributed by atoms with E-state index in [9.17, 15) is 9.59 Å². The van der Waals surface area contributed by atoms with E-state index in [1.165, 1.54) is 0 Å². The fraction of sp³-hybridized carbons (Fsp3) is 0.867. The summed E-state index contributed by atoms with van der Waals surface area (Å²) in [5.74, 6) is 0.160. The molecular weight excluding hydrogens is 258 g/mol. The van der Waals surface area contributed by atoms with E-state index < -0.39 is 0 Å². The van der Waals surface area contributed by atoms with Gasteiger partial charge in [-0.3, -0.25) is 9.59 Å². The van der Waals surface area contributed by atoms with Gasteiger partial charge in [-0.2, -0.15) is 0 Å². The predicted octanol–water partition coefficient (Wildman–Crippen LogP) is 2.29. The molecule has 0 aromatic rings. The van der Waals surface area contributed by atoms with Crippen LogP contribution >= 0.6 is 0 Å². The van der Waals surface area contributed by atoms with E-state index in [4.69, 9.17) is 4.74 Å². The van der Waals surface area contributed by atoms with Crippen LogP contribution in [-0.4, -0.2) is 37.7 Å². The van der Waals surface area contributed by atoms with Crippen molar-refractivity contribution in [3.63, 3.8) is 0 Å². The standard InChI is InChI=1S/C10H19NO2.C5H10O2/c1-2-3-8-13-10(12)9-4-6-11-7-5-9;1-5(2,3)7-4-6/h9,11H,2-8H2,1H3;4H,1-3H3.